The van der Waals surface area contributed by atoms with Crippen LogP contribution in [0.5, 0.6) is 0 Å². The lowest BCUT2D eigenvalue weighted by Crippen LogP contribution is -2.15. The maximum absolute atomic E-state index is 13.9. The van der Waals surface area contributed by atoms with Crippen LogP contribution in [0.3, 0.4) is 0 Å². The van der Waals surface area contributed by atoms with E-state index in [-0.39, 0.29) is 11.1 Å². The second kappa shape index (κ2) is 6.99. The summed E-state index contributed by atoms with van der Waals surface area (Å²) in [7, 11) is 0. The van der Waals surface area contributed by atoms with Gasteiger partial charge in [0.2, 0.25) is 0 Å². The van der Waals surface area contributed by atoms with Crippen molar-refractivity contribution in [3.05, 3.63) is 100 Å². The average Bonchev–Trinajstić information content (AvgIpc) is 3.01. The zero-order valence-corrected chi connectivity index (χ0v) is 14.3. The lowest BCUT2D eigenvalue weighted by Gasteiger charge is -2.04. The summed E-state index contributed by atoms with van der Waals surface area (Å²) in [5.41, 5.74) is 1.99. The van der Waals surface area contributed by atoms with Crippen molar-refractivity contribution in [2.75, 3.05) is 0 Å². The Hall–Kier alpha value is -3.54. The Labute approximate surface area is 153 Å². The Kier molecular flexibility index (Phi) is 4.38. The van der Waals surface area contributed by atoms with E-state index in [2.05, 4.69) is 4.98 Å². The Morgan fingerprint density at radius 3 is 2.67 bits per heavy atom. The number of aromatic nitrogens is 2. The molecule has 0 spiro atoms. The molecule has 0 bridgehead atoms. The molecule has 0 aliphatic rings. The predicted octanol–water partition coefficient (Wildman–Crippen LogP) is 3.60. The Bertz CT molecular complexity index is 1180. The molecule has 134 valence electrons. The molecular formula is C21H15FN2O3. The Balaban J connectivity index is 1.65. The number of carbonyl (C=O) groups excluding carboxylic acids is 1. The molecule has 4 aromatic rings. The number of rotatable bonds is 5. The number of oxazole rings is 1. The molecule has 0 unspecified atom stereocenters. The summed E-state index contributed by atoms with van der Waals surface area (Å²) >= 11 is 0. The molecule has 0 aliphatic heterocycles. The number of hydrogen-bond acceptors (Lipinski definition) is 4. The van der Waals surface area contributed by atoms with E-state index in [0.717, 1.165) is 5.69 Å². The van der Waals surface area contributed by atoms with E-state index in [1.165, 1.54) is 28.8 Å². The topological polar surface area (TPSA) is 65.1 Å². The van der Waals surface area contributed by atoms with Gasteiger partial charge in [0.1, 0.15) is 5.82 Å². The van der Waals surface area contributed by atoms with Gasteiger partial charge in [0.25, 0.3) is 0 Å². The Morgan fingerprint density at radius 1 is 1.07 bits per heavy atom. The molecule has 0 atom stereocenters. The van der Waals surface area contributed by atoms with Gasteiger partial charge in [-0.3, -0.25) is 14.3 Å². The molecule has 4 rings (SSSR count). The van der Waals surface area contributed by atoms with Crippen molar-refractivity contribution < 1.29 is 13.6 Å². The van der Waals surface area contributed by atoms with Crippen molar-refractivity contribution in [1.29, 1.82) is 0 Å². The summed E-state index contributed by atoms with van der Waals surface area (Å²) in [6.45, 7) is 0.406. The smallest absolute Gasteiger partial charge is 0.408 e. The number of ketones is 1. The van der Waals surface area contributed by atoms with Crippen molar-refractivity contribution in [3.63, 3.8) is 0 Å². The summed E-state index contributed by atoms with van der Waals surface area (Å²) in [4.78, 5) is 29.0. The summed E-state index contributed by atoms with van der Waals surface area (Å²) in [6.07, 6.45) is 2.28. The molecule has 0 saturated heterocycles. The van der Waals surface area contributed by atoms with E-state index < -0.39 is 17.4 Å². The van der Waals surface area contributed by atoms with Crippen molar-refractivity contribution in [3.8, 4) is 0 Å². The first-order chi connectivity index (χ1) is 13.1. The molecule has 27 heavy (non-hydrogen) atoms. The van der Waals surface area contributed by atoms with Gasteiger partial charge < -0.3 is 4.42 Å². The van der Waals surface area contributed by atoms with Crippen LogP contribution in [0.2, 0.25) is 0 Å². The zero-order valence-electron chi connectivity index (χ0n) is 14.3. The minimum absolute atomic E-state index is 0.0196. The number of nitrogens with zero attached hydrogens (tertiary/aromatic N) is 2. The summed E-state index contributed by atoms with van der Waals surface area (Å²) in [6, 6.07) is 16.1. The van der Waals surface area contributed by atoms with Crippen LogP contribution in [0.1, 0.15) is 21.6 Å². The molecule has 5 nitrogen and oxygen atoms in total. The highest BCUT2D eigenvalue weighted by Gasteiger charge is 2.16. The number of benzene rings is 2. The van der Waals surface area contributed by atoms with E-state index in [1.54, 1.807) is 24.4 Å². The minimum Gasteiger partial charge on any atom is -0.408 e. The number of halogens is 1. The van der Waals surface area contributed by atoms with Crippen LogP contribution in [0.4, 0.5) is 4.39 Å². The molecule has 2 heterocycles. The van der Waals surface area contributed by atoms with Crippen LogP contribution >= 0.6 is 0 Å². The van der Waals surface area contributed by atoms with E-state index in [9.17, 15) is 14.0 Å². The third kappa shape index (κ3) is 3.29. The van der Waals surface area contributed by atoms with Crippen molar-refractivity contribution in [2.24, 2.45) is 0 Å². The van der Waals surface area contributed by atoms with Gasteiger partial charge in [0, 0.05) is 30.4 Å². The quantitative estimate of drug-likeness (QED) is 0.509. The van der Waals surface area contributed by atoms with Gasteiger partial charge in [-0.25, -0.2) is 9.18 Å². The second-order valence-corrected chi connectivity index (χ2v) is 6.08. The number of pyridine rings is 1. The molecule has 0 aliphatic carbocycles. The summed E-state index contributed by atoms with van der Waals surface area (Å²) in [5, 5.41) is 0. The first-order valence-electron chi connectivity index (χ1n) is 8.46. The zero-order chi connectivity index (χ0) is 18.8. The van der Waals surface area contributed by atoms with Crippen LogP contribution in [-0.2, 0) is 13.0 Å². The molecule has 2 aromatic heterocycles. The van der Waals surface area contributed by atoms with Gasteiger partial charge in [-0.2, -0.15) is 0 Å². The summed E-state index contributed by atoms with van der Waals surface area (Å²) in [5.74, 6) is -1.55. The number of aryl methyl sites for hydroxylation is 2. The second-order valence-electron chi connectivity index (χ2n) is 6.08. The monoisotopic (exact) mass is 362 g/mol. The van der Waals surface area contributed by atoms with Crippen molar-refractivity contribution in [1.82, 2.24) is 9.55 Å². The molecular weight excluding hydrogens is 347 g/mol. The number of fused-ring (bicyclic) bond motifs is 1. The average molecular weight is 362 g/mol. The van der Waals surface area contributed by atoms with Gasteiger partial charge in [-0.05, 0) is 42.5 Å². The van der Waals surface area contributed by atoms with E-state index in [0.29, 0.717) is 24.1 Å². The normalized spacial score (nSPS) is 11.0. The molecule has 0 saturated carbocycles. The van der Waals surface area contributed by atoms with Gasteiger partial charge in [0.15, 0.2) is 11.4 Å². The van der Waals surface area contributed by atoms with Gasteiger partial charge in [-0.15, -0.1) is 0 Å². The van der Waals surface area contributed by atoms with Crippen molar-refractivity contribution in [2.45, 2.75) is 13.0 Å². The van der Waals surface area contributed by atoms with Crippen LogP contribution in [-0.4, -0.2) is 15.3 Å². The third-order valence-corrected chi connectivity index (χ3v) is 4.37. The van der Waals surface area contributed by atoms with Crippen molar-refractivity contribution >= 4 is 16.9 Å². The standard InChI is InChI=1S/C21H15FN2O3/c22-17-7-2-1-6-16(17)20(25)14-8-9-18-19(13-14)27-21(26)24(18)12-10-15-5-3-4-11-23-15/h1-9,11,13H,10,12H2. The van der Waals surface area contributed by atoms with Gasteiger partial charge in [0.05, 0.1) is 11.1 Å². The number of hydrogen-bond donors (Lipinski definition) is 0. The fourth-order valence-electron chi connectivity index (χ4n) is 2.99. The van der Waals surface area contributed by atoms with Crippen LogP contribution in [0.15, 0.2) is 76.1 Å². The van der Waals surface area contributed by atoms with E-state index in [4.69, 9.17) is 4.42 Å². The lowest BCUT2D eigenvalue weighted by atomic mass is 10.0. The lowest BCUT2D eigenvalue weighted by molar-refractivity contribution is 0.103. The molecule has 6 heteroatoms. The molecule has 2 aromatic carbocycles. The fourth-order valence-corrected chi connectivity index (χ4v) is 2.99. The maximum atomic E-state index is 13.9. The van der Waals surface area contributed by atoms with Crippen LogP contribution in [0.25, 0.3) is 11.1 Å². The maximum Gasteiger partial charge on any atom is 0.419 e. The largest absolute Gasteiger partial charge is 0.419 e. The Morgan fingerprint density at radius 2 is 1.89 bits per heavy atom. The first kappa shape index (κ1) is 16.9. The fraction of sp³-hybridized carbons (Fsp3) is 0.0952. The predicted molar refractivity (Wildman–Crippen MR) is 98.2 cm³/mol. The van der Waals surface area contributed by atoms with E-state index >= 15 is 0 Å². The third-order valence-electron chi connectivity index (χ3n) is 4.37. The molecule has 0 fully saturated rings. The minimum atomic E-state index is -0.586. The summed E-state index contributed by atoms with van der Waals surface area (Å²) < 4.78 is 20.7. The number of carbonyl (C=O) groups is 1. The molecule has 0 N–H and O–H groups in total. The highest BCUT2D eigenvalue weighted by atomic mass is 19.1. The SMILES string of the molecule is O=C(c1ccc2c(c1)oc(=O)n2CCc1ccccn1)c1ccccc1F. The van der Waals surface area contributed by atoms with Crippen LogP contribution in [0, 0.1) is 5.82 Å². The molecule has 0 radical (unpaired) electrons. The highest BCUT2D eigenvalue weighted by molar-refractivity contribution is 6.10. The van der Waals surface area contributed by atoms with Crippen LogP contribution < -0.4 is 5.76 Å². The van der Waals surface area contributed by atoms with Gasteiger partial charge >= 0.3 is 5.76 Å². The van der Waals surface area contributed by atoms with Gasteiger partial charge in [-0.1, -0.05) is 18.2 Å². The molecule has 0 amide bonds. The van der Waals surface area contributed by atoms with E-state index in [1.807, 2.05) is 18.2 Å². The highest BCUT2D eigenvalue weighted by Crippen LogP contribution is 2.19. The first-order valence-corrected chi connectivity index (χ1v) is 8.46.